The Morgan fingerprint density at radius 3 is 1.63 bits per heavy atom. The molecular formula is C71H106N2O26. The molecule has 9 fully saturated rings. The number of carbonyl (C=O) groups is 2. The third kappa shape index (κ3) is 14.2. The number of aliphatic hydroxyl groups is 14. The number of rotatable bonds is 13. The van der Waals surface area contributed by atoms with Gasteiger partial charge in [0.2, 0.25) is 6.29 Å². The maximum atomic E-state index is 15.4. The molecule has 2 aromatic carbocycles. The Bertz CT molecular complexity index is 3060. The van der Waals surface area contributed by atoms with E-state index in [1.54, 1.807) is 6.92 Å². The van der Waals surface area contributed by atoms with Gasteiger partial charge in [-0.3, -0.25) is 4.79 Å². The quantitative estimate of drug-likeness (QED) is 0.0766. The number of allylic oxidation sites excluding steroid dienone is 2. The van der Waals surface area contributed by atoms with Gasteiger partial charge in [-0.05, 0) is 141 Å². The smallest absolute Gasteiger partial charge is 0.323 e. The van der Waals surface area contributed by atoms with Gasteiger partial charge in [0.1, 0.15) is 97.0 Å². The topological polar surface area (TPSA) is 434 Å². The van der Waals surface area contributed by atoms with Crippen molar-refractivity contribution in [1.29, 1.82) is 0 Å². The Kier molecular flexibility index (Phi) is 22.7. The molecule has 0 spiro atoms. The van der Waals surface area contributed by atoms with E-state index in [4.69, 9.17) is 47.4 Å². The maximum Gasteiger partial charge on any atom is 0.323 e. The largest absolute Gasteiger partial charge is 0.432 e. The van der Waals surface area contributed by atoms with Crippen LogP contribution in [-0.2, 0) is 52.2 Å². The lowest BCUT2D eigenvalue weighted by atomic mass is 9.33. The molecule has 5 heterocycles. The van der Waals surface area contributed by atoms with E-state index in [1.807, 2.05) is 60.7 Å². The summed E-state index contributed by atoms with van der Waals surface area (Å²) in [6.45, 7) is 17.2. The highest BCUT2D eigenvalue weighted by Crippen LogP contribution is 2.76. The molecular weight excluding hydrogens is 1300 g/mol. The number of nitrogens with one attached hydrogen (secondary N) is 2. The van der Waals surface area contributed by atoms with Crippen LogP contribution in [0.25, 0.3) is 0 Å². The van der Waals surface area contributed by atoms with Crippen LogP contribution in [0.15, 0.2) is 72.3 Å². The highest BCUT2D eigenvalue weighted by molar-refractivity contribution is 5.99. The molecule has 10 aliphatic rings. The van der Waals surface area contributed by atoms with Gasteiger partial charge in [0.15, 0.2) is 31.3 Å². The Hall–Kier alpha value is -4.00. The van der Waals surface area contributed by atoms with Gasteiger partial charge in [0.05, 0.1) is 44.2 Å². The zero-order chi connectivity index (χ0) is 71.8. The summed E-state index contributed by atoms with van der Waals surface area (Å²) < 4.78 is 59.6. The molecule has 12 rings (SSSR count). The summed E-state index contributed by atoms with van der Waals surface area (Å²) in [7, 11) is 0. The van der Waals surface area contributed by atoms with Crippen molar-refractivity contribution in [3.05, 3.63) is 72.3 Å². The molecule has 2 amide bonds. The van der Waals surface area contributed by atoms with Gasteiger partial charge in [-0.15, -0.1) is 0 Å². The Balaban J connectivity index is 0.000000541. The van der Waals surface area contributed by atoms with E-state index in [-0.39, 0.29) is 53.6 Å². The number of ether oxygens (including phenoxy) is 10. The molecule has 28 heteroatoms. The first-order chi connectivity index (χ1) is 46.6. The Morgan fingerprint density at radius 1 is 0.525 bits per heavy atom. The summed E-state index contributed by atoms with van der Waals surface area (Å²) >= 11 is 0. The van der Waals surface area contributed by atoms with Crippen LogP contribution in [0, 0.1) is 50.2 Å². The van der Waals surface area contributed by atoms with Gasteiger partial charge in [0.25, 0.3) is 0 Å². The van der Waals surface area contributed by atoms with Crippen molar-refractivity contribution in [3.8, 4) is 0 Å². The van der Waals surface area contributed by atoms with Crippen LogP contribution in [-0.4, -0.2) is 257 Å². The van der Waals surface area contributed by atoms with E-state index in [0.29, 0.717) is 25.7 Å². The number of esters is 1. The summed E-state index contributed by atoms with van der Waals surface area (Å²) in [6.07, 6.45) is -29.2. The lowest BCUT2D eigenvalue weighted by Crippen LogP contribution is -2.68. The van der Waals surface area contributed by atoms with Crippen molar-refractivity contribution in [1.82, 2.24) is 0 Å². The minimum atomic E-state index is -1.93. The molecule has 4 saturated carbocycles. The molecule has 2 aromatic rings. The van der Waals surface area contributed by atoms with E-state index in [2.05, 4.69) is 65.2 Å². The molecule has 5 aliphatic heterocycles. The number of hydrogen-bond donors (Lipinski definition) is 16. The van der Waals surface area contributed by atoms with Crippen molar-refractivity contribution in [2.24, 2.45) is 50.2 Å². The molecule has 32 atom stereocenters. The predicted octanol–water partition coefficient (Wildman–Crippen LogP) is 1.42. The highest BCUT2D eigenvalue weighted by Gasteiger charge is 2.72. The second kappa shape index (κ2) is 29.5. The first-order valence-corrected chi connectivity index (χ1v) is 35.0. The molecule has 5 aliphatic carbocycles. The van der Waals surface area contributed by atoms with Crippen molar-refractivity contribution < 1.29 is 128 Å². The molecule has 16 N–H and O–H groups in total. The standard InChI is InChI=1S/C58H94O25.C13H12N2O/c1-23-44(80-47-40(69)34(63)27(60)21-74-47)38(67)42(71)48(76-23)79-33-13-14-55(7)30(54(33,5)6)12-15-56(8)31(55)11-10-25-26-18-53(3,4)16-17-58(26,32(62)19-57(25,56)9)52(73)83-51-46(35(64)28(61)22-75-51)82-49-43(72)39(68)45(24(2)77-49)81-50-41(70)37(66)36(65)29(20-59)78-50;16-13(14-11-7-3-1-4-8-11)15-12-9-5-2-6-10-12/h10,23-24,26-51,59-72H,11-22H2,1-9H3;1-10H,(H2,14,15,16). The highest BCUT2D eigenvalue weighted by atomic mass is 16.8. The number of anilines is 2. The zero-order valence-corrected chi connectivity index (χ0v) is 57.7. The third-order valence-corrected chi connectivity index (χ3v) is 24.7. The zero-order valence-electron chi connectivity index (χ0n) is 57.7. The summed E-state index contributed by atoms with van der Waals surface area (Å²) in [6, 6.07) is 18.4. The summed E-state index contributed by atoms with van der Waals surface area (Å²) in [4.78, 5) is 27.0. The summed E-state index contributed by atoms with van der Waals surface area (Å²) in [5, 5.41) is 158. The second-order valence-electron chi connectivity index (χ2n) is 31.6. The predicted molar refractivity (Wildman–Crippen MR) is 348 cm³/mol. The van der Waals surface area contributed by atoms with Crippen LogP contribution in [0.3, 0.4) is 0 Å². The molecule has 99 heavy (non-hydrogen) atoms. The van der Waals surface area contributed by atoms with Crippen LogP contribution >= 0.6 is 0 Å². The van der Waals surface area contributed by atoms with Gasteiger partial charge in [-0.25, -0.2) is 4.79 Å². The number of para-hydroxylation sites is 2. The first-order valence-electron chi connectivity index (χ1n) is 35.0. The van der Waals surface area contributed by atoms with Crippen LogP contribution < -0.4 is 10.6 Å². The Morgan fingerprint density at radius 2 is 1.04 bits per heavy atom. The van der Waals surface area contributed by atoms with Crippen LogP contribution in [0.2, 0.25) is 0 Å². The third-order valence-electron chi connectivity index (χ3n) is 24.7. The molecule has 556 valence electrons. The van der Waals surface area contributed by atoms with E-state index >= 15 is 4.79 Å². The molecule has 28 nitrogen and oxygen atoms in total. The number of urea groups is 1. The average molecular weight is 1400 g/mol. The lowest BCUT2D eigenvalue weighted by Gasteiger charge is -2.71. The van der Waals surface area contributed by atoms with Gasteiger partial charge < -0.3 is 129 Å². The number of amides is 2. The molecule has 5 saturated heterocycles. The van der Waals surface area contributed by atoms with Crippen LogP contribution in [0.5, 0.6) is 0 Å². The summed E-state index contributed by atoms with van der Waals surface area (Å²) in [5.74, 6) is -1.00. The minimum absolute atomic E-state index is 0.129. The van der Waals surface area contributed by atoms with Crippen molar-refractivity contribution in [2.45, 2.75) is 274 Å². The summed E-state index contributed by atoms with van der Waals surface area (Å²) in [5.41, 5.74) is -0.728. The number of benzene rings is 2. The number of carbonyl (C=O) groups excluding carboxylic acids is 2. The average Bonchev–Trinajstić information content (AvgIpc) is 0.672. The van der Waals surface area contributed by atoms with E-state index in [9.17, 15) is 76.3 Å². The van der Waals surface area contributed by atoms with Gasteiger partial charge in [-0.1, -0.05) is 96.5 Å². The van der Waals surface area contributed by atoms with Gasteiger partial charge in [-0.2, -0.15) is 0 Å². The monoisotopic (exact) mass is 1400 g/mol. The van der Waals surface area contributed by atoms with Crippen molar-refractivity contribution >= 4 is 23.4 Å². The molecule has 0 aromatic heterocycles. The van der Waals surface area contributed by atoms with Crippen molar-refractivity contribution in [2.75, 3.05) is 30.5 Å². The SMILES string of the molecule is CC1OC(OC2CCC3(C)C(CCC4(C)C3CC=C3C5CC(C)(C)CCC5(C(=O)OC5OCC(O)C(O)C5OC5OC(C)C(OC6OC(CO)C(O)C(O)C6O)C(O)C5O)C(O)CC34C)C2(C)C)C(O)C(O)C1OC1OCC(O)C(O)C1O.O=C(Nc1ccccc1)Nc1ccccc1. The number of hydrogen-bond acceptors (Lipinski definition) is 26. The van der Waals surface area contributed by atoms with Gasteiger partial charge in [0, 0.05) is 11.4 Å². The van der Waals surface area contributed by atoms with Crippen molar-refractivity contribution in [3.63, 3.8) is 0 Å². The minimum Gasteiger partial charge on any atom is -0.432 e. The van der Waals surface area contributed by atoms with Crippen LogP contribution in [0.4, 0.5) is 16.2 Å². The van der Waals surface area contributed by atoms with Gasteiger partial charge >= 0.3 is 12.0 Å². The number of aliphatic hydroxyl groups excluding tert-OH is 14. The van der Waals surface area contributed by atoms with Crippen LogP contribution in [0.1, 0.15) is 120 Å². The normalized spacial score (nSPS) is 47.8. The first kappa shape index (κ1) is 76.1. The maximum absolute atomic E-state index is 15.4. The van der Waals surface area contributed by atoms with E-state index < -0.39 is 195 Å². The lowest BCUT2D eigenvalue weighted by molar-refractivity contribution is -0.374. The Labute approximate surface area is 576 Å². The fraction of sp³-hybridized carbons (Fsp3) is 0.775. The molecule has 0 bridgehead atoms. The fourth-order valence-electron chi connectivity index (χ4n) is 18.8. The van der Waals surface area contributed by atoms with E-state index in [0.717, 1.165) is 36.2 Å². The fourth-order valence-corrected chi connectivity index (χ4v) is 18.8. The van der Waals surface area contributed by atoms with E-state index in [1.165, 1.54) is 6.92 Å². The molecule has 32 unspecified atom stereocenters. The molecule has 0 radical (unpaired) electrons. The second-order valence-corrected chi connectivity index (χ2v) is 31.6. The number of fused-ring (bicyclic) bond motifs is 7.